The number of Topliss-reactive ketones (excluding diaryl/α,β-unsaturated/α-hetero) is 1. The number of nitrogens with two attached hydrogens (primary N) is 1. The third kappa shape index (κ3) is 4.41. The van der Waals surface area contributed by atoms with Crippen LogP contribution in [0.3, 0.4) is 0 Å². The van der Waals surface area contributed by atoms with E-state index in [1.165, 1.54) is 0 Å². The van der Waals surface area contributed by atoms with E-state index in [1.54, 1.807) is 12.4 Å². The number of hydrogen-bond acceptors (Lipinski definition) is 3. The van der Waals surface area contributed by atoms with Crippen molar-refractivity contribution in [3.05, 3.63) is 28.5 Å². The Morgan fingerprint density at radius 1 is 1.56 bits per heavy atom. The van der Waals surface area contributed by atoms with Gasteiger partial charge in [0.1, 0.15) is 5.78 Å². The molecule has 0 bridgehead atoms. The van der Waals surface area contributed by atoms with Crippen molar-refractivity contribution >= 4 is 21.7 Å². The monoisotopic (exact) mass is 284 g/mol. The van der Waals surface area contributed by atoms with Gasteiger partial charge in [-0.05, 0) is 40.0 Å². The summed E-state index contributed by atoms with van der Waals surface area (Å²) < 4.78 is 0.906. The lowest BCUT2D eigenvalue weighted by Gasteiger charge is -2.10. The molecule has 0 aromatic carbocycles. The molecule has 1 atom stereocenters. The number of carbonyl (C=O) groups excluding carboxylic acids is 1. The van der Waals surface area contributed by atoms with Gasteiger partial charge in [0.2, 0.25) is 0 Å². The van der Waals surface area contributed by atoms with E-state index in [9.17, 15) is 4.79 Å². The first-order valence-electron chi connectivity index (χ1n) is 5.46. The molecule has 0 saturated carbocycles. The maximum absolute atomic E-state index is 11.8. The molecule has 1 heterocycles. The molecule has 0 radical (unpaired) electrons. The predicted octanol–water partition coefficient (Wildman–Crippen LogP) is 2.33. The summed E-state index contributed by atoms with van der Waals surface area (Å²) in [5.74, 6) is 0.546. The van der Waals surface area contributed by atoms with Crippen molar-refractivity contribution < 1.29 is 4.79 Å². The molecule has 3 nitrogen and oxygen atoms in total. The van der Waals surface area contributed by atoms with Crippen LogP contribution in [0, 0.1) is 5.92 Å². The quantitative estimate of drug-likeness (QED) is 0.872. The molecule has 0 spiro atoms. The summed E-state index contributed by atoms with van der Waals surface area (Å²) in [7, 11) is 0. The van der Waals surface area contributed by atoms with Crippen LogP contribution in [0.4, 0.5) is 0 Å². The van der Waals surface area contributed by atoms with Crippen LogP contribution in [0.2, 0.25) is 0 Å². The molecule has 0 amide bonds. The van der Waals surface area contributed by atoms with Crippen molar-refractivity contribution in [1.29, 1.82) is 0 Å². The lowest BCUT2D eigenvalue weighted by Crippen LogP contribution is -2.18. The fraction of sp³-hybridized carbons (Fsp3) is 0.500. The van der Waals surface area contributed by atoms with Crippen LogP contribution in [0.15, 0.2) is 22.9 Å². The van der Waals surface area contributed by atoms with Crippen molar-refractivity contribution in [1.82, 2.24) is 4.98 Å². The SMILES string of the molecule is CCC(CN)CC(=O)Cc1cncc(Br)c1. The molecule has 1 unspecified atom stereocenters. The first-order valence-corrected chi connectivity index (χ1v) is 6.26. The molecule has 0 saturated heterocycles. The standard InChI is InChI=1S/C12H17BrN2O/c1-2-9(6-14)4-12(16)5-10-3-11(13)8-15-7-10/h3,7-9H,2,4-6,14H2,1H3. The van der Waals surface area contributed by atoms with Crippen LogP contribution in [0.1, 0.15) is 25.3 Å². The summed E-state index contributed by atoms with van der Waals surface area (Å²) in [5, 5.41) is 0. The number of rotatable bonds is 6. The van der Waals surface area contributed by atoms with E-state index in [-0.39, 0.29) is 5.78 Å². The van der Waals surface area contributed by atoms with E-state index in [0.29, 0.717) is 25.3 Å². The van der Waals surface area contributed by atoms with Gasteiger partial charge in [-0.2, -0.15) is 0 Å². The largest absolute Gasteiger partial charge is 0.330 e. The van der Waals surface area contributed by atoms with Crippen molar-refractivity contribution in [3.8, 4) is 0 Å². The third-order valence-electron chi connectivity index (χ3n) is 2.59. The molecule has 0 aliphatic rings. The highest BCUT2D eigenvalue weighted by molar-refractivity contribution is 9.10. The Morgan fingerprint density at radius 3 is 2.88 bits per heavy atom. The zero-order chi connectivity index (χ0) is 12.0. The number of pyridine rings is 1. The van der Waals surface area contributed by atoms with Gasteiger partial charge in [0, 0.05) is 29.7 Å². The number of carbonyl (C=O) groups is 1. The number of aromatic nitrogens is 1. The second kappa shape index (κ2) is 6.76. The van der Waals surface area contributed by atoms with Gasteiger partial charge in [-0.3, -0.25) is 9.78 Å². The molecule has 0 aliphatic carbocycles. The fourth-order valence-electron chi connectivity index (χ4n) is 1.57. The van der Waals surface area contributed by atoms with Gasteiger partial charge < -0.3 is 5.73 Å². The summed E-state index contributed by atoms with van der Waals surface area (Å²) >= 11 is 3.34. The summed E-state index contributed by atoms with van der Waals surface area (Å²) in [4.78, 5) is 15.8. The minimum Gasteiger partial charge on any atom is -0.330 e. The number of halogens is 1. The van der Waals surface area contributed by atoms with Gasteiger partial charge in [0.25, 0.3) is 0 Å². The number of ketones is 1. The number of hydrogen-bond donors (Lipinski definition) is 1. The summed E-state index contributed by atoms with van der Waals surface area (Å²) in [6.07, 6.45) is 5.41. The molecule has 2 N–H and O–H groups in total. The van der Waals surface area contributed by atoms with Gasteiger partial charge >= 0.3 is 0 Å². The van der Waals surface area contributed by atoms with Crippen molar-refractivity contribution in [2.75, 3.05) is 6.54 Å². The highest BCUT2D eigenvalue weighted by atomic mass is 79.9. The molecule has 88 valence electrons. The van der Waals surface area contributed by atoms with Crippen LogP contribution in [-0.2, 0) is 11.2 Å². The number of nitrogens with zero attached hydrogens (tertiary/aromatic N) is 1. The first-order chi connectivity index (χ1) is 7.65. The second-order valence-electron chi connectivity index (χ2n) is 3.94. The van der Waals surface area contributed by atoms with Gasteiger partial charge in [-0.25, -0.2) is 0 Å². The van der Waals surface area contributed by atoms with Crippen LogP contribution in [-0.4, -0.2) is 17.3 Å². The summed E-state index contributed by atoms with van der Waals surface area (Å²) in [5.41, 5.74) is 6.53. The lowest BCUT2D eigenvalue weighted by atomic mass is 9.97. The lowest BCUT2D eigenvalue weighted by molar-refractivity contribution is -0.119. The third-order valence-corrected chi connectivity index (χ3v) is 3.02. The average molecular weight is 285 g/mol. The zero-order valence-electron chi connectivity index (χ0n) is 9.45. The Balaban J connectivity index is 2.51. The van der Waals surface area contributed by atoms with Crippen molar-refractivity contribution in [2.45, 2.75) is 26.2 Å². The zero-order valence-corrected chi connectivity index (χ0v) is 11.0. The maximum atomic E-state index is 11.8. The van der Waals surface area contributed by atoms with Crippen LogP contribution in [0.5, 0.6) is 0 Å². The minimum atomic E-state index is 0.234. The van der Waals surface area contributed by atoms with E-state index in [0.717, 1.165) is 16.5 Å². The van der Waals surface area contributed by atoms with Gasteiger partial charge in [-0.15, -0.1) is 0 Å². The Bertz CT molecular complexity index is 351. The minimum absolute atomic E-state index is 0.234. The van der Waals surface area contributed by atoms with Crippen LogP contribution in [0.25, 0.3) is 0 Å². The molecule has 16 heavy (non-hydrogen) atoms. The van der Waals surface area contributed by atoms with E-state index in [1.807, 2.05) is 6.07 Å². The normalized spacial score (nSPS) is 12.4. The van der Waals surface area contributed by atoms with E-state index >= 15 is 0 Å². The Hall–Kier alpha value is -0.740. The van der Waals surface area contributed by atoms with Crippen LogP contribution < -0.4 is 5.73 Å². The second-order valence-corrected chi connectivity index (χ2v) is 4.86. The van der Waals surface area contributed by atoms with Crippen LogP contribution >= 0.6 is 15.9 Å². The maximum Gasteiger partial charge on any atom is 0.137 e. The van der Waals surface area contributed by atoms with E-state index < -0.39 is 0 Å². The molecule has 0 fully saturated rings. The highest BCUT2D eigenvalue weighted by Gasteiger charge is 2.11. The first kappa shape index (κ1) is 13.3. The Morgan fingerprint density at radius 2 is 2.31 bits per heavy atom. The topological polar surface area (TPSA) is 56.0 Å². The molecule has 0 aliphatic heterocycles. The molecule has 1 aromatic rings. The van der Waals surface area contributed by atoms with Gasteiger partial charge in [0.15, 0.2) is 0 Å². The fourth-order valence-corrected chi connectivity index (χ4v) is 1.98. The smallest absolute Gasteiger partial charge is 0.137 e. The van der Waals surface area contributed by atoms with Gasteiger partial charge in [-0.1, -0.05) is 13.3 Å². The predicted molar refractivity (Wildman–Crippen MR) is 68.1 cm³/mol. The molecule has 4 heteroatoms. The molecule has 1 aromatic heterocycles. The molecular weight excluding hydrogens is 268 g/mol. The molecular formula is C12H17BrN2O. The van der Waals surface area contributed by atoms with E-state index in [4.69, 9.17) is 5.73 Å². The van der Waals surface area contributed by atoms with Crippen molar-refractivity contribution in [2.24, 2.45) is 11.7 Å². The summed E-state index contributed by atoms with van der Waals surface area (Å²) in [6.45, 7) is 2.64. The molecule has 1 rings (SSSR count). The Kier molecular flexibility index (Phi) is 5.63. The van der Waals surface area contributed by atoms with Crippen molar-refractivity contribution in [3.63, 3.8) is 0 Å². The average Bonchev–Trinajstić information content (AvgIpc) is 2.26. The Labute approximate surface area is 105 Å². The van der Waals surface area contributed by atoms with Gasteiger partial charge in [0.05, 0.1) is 0 Å². The highest BCUT2D eigenvalue weighted by Crippen LogP contribution is 2.13. The summed E-state index contributed by atoms with van der Waals surface area (Å²) in [6, 6.07) is 1.92. The van der Waals surface area contributed by atoms with E-state index in [2.05, 4.69) is 27.8 Å².